The molecule has 1 aromatic carbocycles. The summed E-state index contributed by atoms with van der Waals surface area (Å²) in [4.78, 5) is 5.68. The lowest BCUT2D eigenvalue weighted by molar-refractivity contribution is 0.264. The van der Waals surface area contributed by atoms with E-state index in [4.69, 9.17) is 0 Å². The average molecular weight is 265 g/mol. The second-order valence-corrected chi connectivity index (χ2v) is 5.67. The number of aliphatic hydroxyl groups excluding tert-OH is 1. The van der Waals surface area contributed by atoms with E-state index in [-0.39, 0.29) is 18.3 Å². The van der Waals surface area contributed by atoms with Gasteiger partial charge < -0.3 is 5.11 Å². The molecule has 1 atom stereocenters. The summed E-state index contributed by atoms with van der Waals surface area (Å²) in [6.45, 7) is 4.08. The van der Waals surface area contributed by atoms with Crippen LogP contribution in [-0.2, 0) is 6.42 Å². The second-order valence-electron chi connectivity index (χ2n) is 4.38. The Morgan fingerprint density at radius 2 is 1.94 bits per heavy atom. The molecule has 0 saturated heterocycles. The minimum Gasteiger partial charge on any atom is -0.396 e. The molecule has 0 spiro atoms. The number of aliphatic hydroxyl groups is 1. The lowest BCUT2D eigenvalue weighted by Gasteiger charge is -2.12. The van der Waals surface area contributed by atoms with Crippen LogP contribution in [0.4, 0.5) is 4.39 Å². The van der Waals surface area contributed by atoms with Gasteiger partial charge in [-0.2, -0.15) is 0 Å². The van der Waals surface area contributed by atoms with E-state index in [1.165, 1.54) is 17.0 Å². The molecule has 0 aliphatic rings. The molecular weight excluding hydrogens is 249 g/mol. The Bertz CT molecular complexity index is 502. The fourth-order valence-corrected chi connectivity index (χ4v) is 2.87. The van der Waals surface area contributed by atoms with Crippen LogP contribution in [0.2, 0.25) is 0 Å². The topological polar surface area (TPSA) is 33.1 Å². The van der Waals surface area contributed by atoms with E-state index in [1.54, 1.807) is 23.5 Å². The van der Waals surface area contributed by atoms with Crippen LogP contribution in [0.5, 0.6) is 0 Å². The summed E-state index contributed by atoms with van der Waals surface area (Å²) in [6, 6.07) is 6.31. The van der Waals surface area contributed by atoms with Gasteiger partial charge in [0.1, 0.15) is 5.82 Å². The summed E-state index contributed by atoms with van der Waals surface area (Å²) in [6.07, 6.45) is 0.696. The molecule has 1 unspecified atom stereocenters. The van der Waals surface area contributed by atoms with Crippen molar-refractivity contribution in [1.29, 1.82) is 0 Å². The van der Waals surface area contributed by atoms with Crippen molar-refractivity contribution in [2.45, 2.75) is 26.2 Å². The summed E-state index contributed by atoms with van der Waals surface area (Å²) in [7, 11) is 0. The maximum Gasteiger partial charge on any atom is 0.123 e. The molecule has 1 N–H and O–H groups in total. The Morgan fingerprint density at radius 3 is 2.44 bits per heavy atom. The maximum absolute atomic E-state index is 12.9. The number of nitrogens with zero attached hydrogens (tertiary/aromatic N) is 1. The zero-order chi connectivity index (χ0) is 13.1. The Labute approximate surface area is 110 Å². The summed E-state index contributed by atoms with van der Waals surface area (Å²) in [5.41, 5.74) is 2.00. The van der Waals surface area contributed by atoms with Gasteiger partial charge in [0.25, 0.3) is 0 Å². The van der Waals surface area contributed by atoms with Crippen LogP contribution < -0.4 is 0 Å². The number of hydrogen-bond donors (Lipinski definition) is 1. The first-order valence-electron chi connectivity index (χ1n) is 5.89. The predicted molar refractivity (Wildman–Crippen MR) is 71.5 cm³/mol. The van der Waals surface area contributed by atoms with Crippen LogP contribution in [-0.4, -0.2) is 16.7 Å². The minimum absolute atomic E-state index is 0.0180. The first-order valence-corrected chi connectivity index (χ1v) is 6.71. The van der Waals surface area contributed by atoms with Crippen molar-refractivity contribution < 1.29 is 9.50 Å². The smallest absolute Gasteiger partial charge is 0.123 e. The molecule has 2 aromatic rings. The first kappa shape index (κ1) is 13.2. The maximum atomic E-state index is 12.9. The van der Waals surface area contributed by atoms with Gasteiger partial charge in [-0.15, -0.1) is 11.3 Å². The predicted octanol–water partition coefficient (Wildman–Crippen LogP) is 3.22. The van der Waals surface area contributed by atoms with Crippen LogP contribution >= 0.6 is 11.3 Å². The summed E-state index contributed by atoms with van der Waals surface area (Å²) in [5.74, 6) is -0.271. The Kier molecular flexibility index (Phi) is 4.09. The van der Waals surface area contributed by atoms with Crippen LogP contribution in [0, 0.1) is 19.7 Å². The number of halogens is 1. The fourth-order valence-electron chi connectivity index (χ4n) is 1.86. The van der Waals surface area contributed by atoms with Gasteiger partial charge in [-0.3, -0.25) is 0 Å². The highest BCUT2D eigenvalue weighted by atomic mass is 32.1. The van der Waals surface area contributed by atoms with Crippen molar-refractivity contribution >= 4 is 11.3 Å². The van der Waals surface area contributed by atoms with Crippen molar-refractivity contribution in [3.8, 4) is 0 Å². The van der Waals surface area contributed by atoms with Gasteiger partial charge in [-0.05, 0) is 31.5 Å². The van der Waals surface area contributed by atoms with E-state index < -0.39 is 0 Å². The zero-order valence-electron chi connectivity index (χ0n) is 10.5. The molecule has 1 heterocycles. The number of hydrogen-bond acceptors (Lipinski definition) is 3. The first-order chi connectivity index (χ1) is 8.60. The van der Waals surface area contributed by atoms with Gasteiger partial charge in [0, 0.05) is 17.2 Å². The molecule has 0 amide bonds. The van der Waals surface area contributed by atoms with Crippen molar-refractivity contribution in [2.24, 2.45) is 0 Å². The molecule has 0 aliphatic carbocycles. The van der Waals surface area contributed by atoms with E-state index in [2.05, 4.69) is 4.98 Å². The molecule has 2 nitrogen and oxygen atoms in total. The number of aryl methyl sites for hydroxylation is 2. The Balaban J connectivity index is 2.16. The minimum atomic E-state index is -0.253. The standard InChI is InChI=1S/C14H16FNOS/c1-9-10(2)18-14(16-9)7-12(8-17)11-3-5-13(15)6-4-11/h3-6,12,17H,7-8H2,1-2H3. The number of benzene rings is 1. The Hall–Kier alpha value is -1.26. The lowest BCUT2D eigenvalue weighted by Crippen LogP contribution is -2.07. The van der Waals surface area contributed by atoms with Crippen molar-refractivity contribution in [3.05, 3.63) is 51.2 Å². The van der Waals surface area contributed by atoms with Crippen molar-refractivity contribution in [2.75, 3.05) is 6.61 Å². The average Bonchev–Trinajstić information content (AvgIpc) is 2.67. The van der Waals surface area contributed by atoms with Crippen LogP contribution in [0.25, 0.3) is 0 Å². The van der Waals surface area contributed by atoms with Gasteiger partial charge in [-0.25, -0.2) is 9.37 Å². The van der Waals surface area contributed by atoms with Gasteiger partial charge in [-0.1, -0.05) is 12.1 Å². The van der Waals surface area contributed by atoms with Crippen molar-refractivity contribution in [1.82, 2.24) is 4.98 Å². The molecule has 4 heteroatoms. The molecule has 0 bridgehead atoms. The van der Waals surface area contributed by atoms with E-state index in [9.17, 15) is 9.50 Å². The quantitative estimate of drug-likeness (QED) is 0.920. The van der Waals surface area contributed by atoms with Gasteiger partial charge in [0.15, 0.2) is 0 Å². The largest absolute Gasteiger partial charge is 0.396 e. The monoisotopic (exact) mass is 265 g/mol. The summed E-state index contributed by atoms with van der Waals surface area (Å²) < 4.78 is 12.9. The number of aromatic nitrogens is 1. The highest BCUT2D eigenvalue weighted by Gasteiger charge is 2.14. The molecule has 1 aromatic heterocycles. The van der Waals surface area contributed by atoms with E-state index in [1.807, 2.05) is 13.8 Å². The molecule has 0 fully saturated rings. The molecular formula is C14H16FNOS. The summed E-state index contributed by atoms with van der Waals surface area (Å²) in [5, 5.41) is 10.5. The van der Waals surface area contributed by atoms with E-state index >= 15 is 0 Å². The number of thiazole rings is 1. The normalized spacial score (nSPS) is 12.7. The molecule has 18 heavy (non-hydrogen) atoms. The number of rotatable bonds is 4. The second kappa shape index (κ2) is 5.59. The zero-order valence-corrected chi connectivity index (χ0v) is 11.3. The molecule has 2 rings (SSSR count). The van der Waals surface area contributed by atoms with Crippen molar-refractivity contribution in [3.63, 3.8) is 0 Å². The highest BCUT2D eigenvalue weighted by molar-refractivity contribution is 7.11. The fraction of sp³-hybridized carbons (Fsp3) is 0.357. The van der Waals surface area contributed by atoms with E-state index in [0.29, 0.717) is 6.42 Å². The molecule has 0 aliphatic heterocycles. The van der Waals surface area contributed by atoms with Crippen LogP contribution in [0.1, 0.15) is 27.1 Å². The molecule has 0 saturated carbocycles. The van der Waals surface area contributed by atoms with Gasteiger partial charge >= 0.3 is 0 Å². The molecule has 0 radical (unpaired) electrons. The Morgan fingerprint density at radius 1 is 1.28 bits per heavy atom. The third kappa shape index (κ3) is 2.94. The SMILES string of the molecule is Cc1nc(CC(CO)c2ccc(F)cc2)sc1C. The summed E-state index contributed by atoms with van der Waals surface area (Å²) >= 11 is 1.66. The third-order valence-corrected chi connectivity index (χ3v) is 4.15. The van der Waals surface area contributed by atoms with Crippen LogP contribution in [0.3, 0.4) is 0 Å². The van der Waals surface area contributed by atoms with Gasteiger partial charge in [0.05, 0.1) is 17.3 Å². The molecule has 96 valence electrons. The van der Waals surface area contributed by atoms with Gasteiger partial charge in [0.2, 0.25) is 0 Å². The third-order valence-electron chi connectivity index (χ3n) is 3.06. The lowest BCUT2D eigenvalue weighted by atomic mass is 9.97. The van der Waals surface area contributed by atoms with Crippen LogP contribution in [0.15, 0.2) is 24.3 Å². The van der Waals surface area contributed by atoms with E-state index in [0.717, 1.165) is 16.3 Å². The highest BCUT2D eigenvalue weighted by Crippen LogP contribution is 2.25.